The fourth-order valence-corrected chi connectivity index (χ4v) is 1.97. The maximum atomic E-state index is 9.10. The highest BCUT2D eigenvalue weighted by atomic mass is 16.3. The molecule has 1 saturated carbocycles. The Morgan fingerprint density at radius 1 is 1.45 bits per heavy atom. The number of hydrogen-bond donors (Lipinski definition) is 2. The summed E-state index contributed by atoms with van der Waals surface area (Å²) in [5.41, 5.74) is 5.92. The van der Waals surface area contributed by atoms with Gasteiger partial charge < -0.3 is 10.8 Å². The molecular formula is C9H19NO. The summed E-state index contributed by atoms with van der Waals surface area (Å²) >= 11 is 0. The van der Waals surface area contributed by atoms with Crippen LogP contribution >= 0.6 is 0 Å². The Morgan fingerprint density at radius 2 is 2.00 bits per heavy atom. The van der Waals surface area contributed by atoms with Crippen LogP contribution in [0.2, 0.25) is 0 Å². The van der Waals surface area contributed by atoms with E-state index < -0.39 is 0 Å². The van der Waals surface area contributed by atoms with Gasteiger partial charge in [0.05, 0.1) is 6.10 Å². The Labute approximate surface area is 68.8 Å². The first-order valence-corrected chi connectivity index (χ1v) is 4.64. The van der Waals surface area contributed by atoms with Gasteiger partial charge in [-0.2, -0.15) is 0 Å². The minimum absolute atomic E-state index is 0.231. The van der Waals surface area contributed by atoms with Gasteiger partial charge in [-0.1, -0.05) is 12.8 Å². The van der Waals surface area contributed by atoms with Gasteiger partial charge in [-0.15, -0.1) is 0 Å². The standard InChI is InChI=1S/C9H19NO/c1-7(11)6-9(10)8-4-2-3-5-8/h7-9,11H,2-6,10H2,1H3. The lowest BCUT2D eigenvalue weighted by atomic mass is 9.94. The SMILES string of the molecule is CC(O)CC(N)C1CCCC1. The van der Waals surface area contributed by atoms with Crippen LogP contribution in [-0.2, 0) is 0 Å². The predicted octanol–water partition coefficient (Wildman–Crippen LogP) is 1.27. The van der Waals surface area contributed by atoms with Gasteiger partial charge in [0.1, 0.15) is 0 Å². The number of rotatable bonds is 3. The maximum Gasteiger partial charge on any atom is 0.0527 e. The van der Waals surface area contributed by atoms with E-state index in [2.05, 4.69) is 0 Å². The Kier molecular flexibility index (Phi) is 3.34. The summed E-state index contributed by atoms with van der Waals surface area (Å²) < 4.78 is 0. The third-order valence-corrected chi connectivity index (χ3v) is 2.62. The van der Waals surface area contributed by atoms with E-state index in [0.29, 0.717) is 5.92 Å². The molecule has 2 nitrogen and oxygen atoms in total. The monoisotopic (exact) mass is 157 g/mol. The molecule has 0 amide bonds. The normalized spacial score (nSPS) is 25.4. The number of aliphatic hydroxyl groups is 1. The van der Waals surface area contributed by atoms with Gasteiger partial charge in [-0.25, -0.2) is 0 Å². The zero-order valence-electron chi connectivity index (χ0n) is 7.29. The molecule has 2 atom stereocenters. The van der Waals surface area contributed by atoms with E-state index in [1.54, 1.807) is 0 Å². The second-order valence-electron chi connectivity index (χ2n) is 3.79. The van der Waals surface area contributed by atoms with E-state index in [1.165, 1.54) is 25.7 Å². The lowest BCUT2D eigenvalue weighted by Crippen LogP contribution is -2.31. The largest absolute Gasteiger partial charge is 0.393 e. The predicted molar refractivity (Wildman–Crippen MR) is 46.2 cm³/mol. The molecule has 11 heavy (non-hydrogen) atoms. The molecule has 1 aliphatic carbocycles. The molecule has 0 aliphatic heterocycles. The zero-order chi connectivity index (χ0) is 8.27. The highest BCUT2D eigenvalue weighted by Gasteiger charge is 2.22. The topological polar surface area (TPSA) is 46.2 Å². The molecule has 3 N–H and O–H groups in total. The Balaban J connectivity index is 2.22. The Hall–Kier alpha value is -0.0800. The zero-order valence-corrected chi connectivity index (χ0v) is 7.29. The van der Waals surface area contributed by atoms with E-state index in [9.17, 15) is 0 Å². The molecular weight excluding hydrogens is 138 g/mol. The summed E-state index contributed by atoms with van der Waals surface area (Å²) in [5.74, 6) is 0.685. The fraction of sp³-hybridized carbons (Fsp3) is 1.00. The quantitative estimate of drug-likeness (QED) is 0.648. The van der Waals surface area contributed by atoms with Crippen LogP contribution in [0.15, 0.2) is 0 Å². The molecule has 0 spiro atoms. The summed E-state index contributed by atoms with van der Waals surface area (Å²) in [6.07, 6.45) is 5.74. The van der Waals surface area contributed by atoms with E-state index >= 15 is 0 Å². The van der Waals surface area contributed by atoms with E-state index in [0.717, 1.165) is 6.42 Å². The third kappa shape index (κ3) is 2.80. The number of nitrogens with two attached hydrogens (primary N) is 1. The summed E-state index contributed by atoms with van der Waals surface area (Å²) in [6, 6.07) is 0.234. The van der Waals surface area contributed by atoms with Gasteiger partial charge >= 0.3 is 0 Å². The van der Waals surface area contributed by atoms with E-state index in [-0.39, 0.29) is 12.1 Å². The molecule has 2 heteroatoms. The van der Waals surface area contributed by atoms with Gasteiger partial charge in [0.2, 0.25) is 0 Å². The smallest absolute Gasteiger partial charge is 0.0527 e. The van der Waals surface area contributed by atoms with E-state index in [4.69, 9.17) is 10.8 Å². The highest BCUT2D eigenvalue weighted by Crippen LogP contribution is 2.28. The molecule has 2 unspecified atom stereocenters. The van der Waals surface area contributed by atoms with Crippen molar-refractivity contribution >= 4 is 0 Å². The van der Waals surface area contributed by atoms with Crippen LogP contribution in [0.3, 0.4) is 0 Å². The molecule has 0 saturated heterocycles. The molecule has 1 fully saturated rings. The highest BCUT2D eigenvalue weighted by molar-refractivity contribution is 4.78. The summed E-state index contributed by atoms with van der Waals surface area (Å²) in [7, 11) is 0. The Bertz CT molecular complexity index is 108. The van der Waals surface area contributed by atoms with Crippen LogP contribution in [0.1, 0.15) is 39.0 Å². The van der Waals surface area contributed by atoms with Crippen molar-refractivity contribution in [3.8, 4) is 0 Å². The summed E-state index contributed by atoms with van der Waals surface area (Å²) in [5, 5.41) is 9.10. The van der Waals surface area contributed by atoms with Crippen molar-refractivity contribution in [1.82, 2.24) is 0 Å². The van der Waals surface area contributed by atoms with Gasteiger partial charge in [0.15, 0.2) is 0 Å². The number of aliphatic hydroxyl groups excluding tert-OH is 1. The lowest BCUT2D eigenvalue weighted by molar-refractivity contribution is 0.163. The average molecular weight is 157 g/mol. The van der Waals surface area contributed by atoms with Crippen molar-refractivity contribution < 1.29 is 5.11 Å². The van der Waals surface area contributed by atoms with Crippen molar-refractivity contribution in [2.45, 2.75) is 51.2 Å². The van der Waals surface area contributed by atoms with E-state index in [1.807, 2.05) is 6.92 Å². The first kappa shape index (κ1) is 9.01. The van der Waals surface area contributed by atoms with Crippen LogP contribution in [0.4, 0.5) is 0 Å². The number of hydrogen-bond acceptors (Lipinski definition) is 2. The van der Waals surface area contributed by atoms with Gasteiger partial charge in [0.25, 0.3) is 0 Å². The molecule has 0 aromatic rings. The Morgan fingerprint density at radius 3 is 2.45 bits per heavy atom. The average Bonchev–Trinajstić information content (AvgIpc) is 2.35. The van der Waals surface area contributed by atoms with Crippen molar-refractivity contribution in [2.24, 2.45) is 11.7 Å². The van der Waals surface area contributed by atoms with Crippen LogP contribution in [0.5, 0.6) is 0 Å². The minimum atomic E-state index is -0.231. The summed E-state index contributed by atoms with van der Waals surface area (Å²) in [4.78, 5) is 0. The van der Waals surface area contributed by atoms with Crippen LogP contribution in [-0.4, -0.2) is 17.3 Å². The van der Waals surface area contributed by atoms with Crippen molar-refractivity contribution in [3.05, 3.63) is 0 Å². The maximum absolute atomic E-state index is 9.10. The lowest BCUT2D eigenvalue weighted by Gasteiger charge is -2.19. The molecule has 0 bridgehead atoms. The van der Waals surface area contributed by atoms with Crippen LogP contribution in [0.25, 0.3) is 0 Å². The third-order valence-electron chi connectivity index (χ3n) is 2.62. The van der Waals surface area contributed by atoms with Gasteiger partial charge in [-0.05, 0) is 32.1 Å². The van der Waals surface area contributed by atoms with Gasteiger partial charge in [0, 0.05) is 6.04 Å². The minimum Gasteiger partial charge on any atom is -0.393 e. The van der Waals surface area contributed by atoms with Crippen molar-refractivity contribution in [3.63, 3.8) is 0 Å². The molecule has 66 valence electrons. The molecule has 0 aromatic heterocycles. The van der Waals surface area contributed by atoms with Crippen molar-refractivity contribution in [1.29, 1.82) is 0 Å². The summed E-state index contributed by atoms with van der Waals surface area (Å²) in [6.45, 7) is 1.81. The molecule has 1 aliphatic rings. The van der Waals surface area contributed by atoms with Gasteiger partial charge in [-0.3, -0.25) is 0 Å². The fourth-order valence-electron chi connectivity index (χ4n) is 1.97. The molecule has 1 rings (SSSR count). The molecule has 0 heterocycles. The molecule has 0 radical (unpaired) electrons. The van der Waals surface area contributed by atoms with Crippen LogP contribution in [0, 0.1) is 5.92 Å². The second kappa shape index (κ2) is 4.07. The second-order valence-corrected chi connectivity index (χ2v) is 3.79. The van der Waals surface area contributed by atoms with Crippen LogP contribution < -0.4 is 5.73 Å². The van der Waals surface area contributed by atoms with Crippen molar-refractivity contribution in [2.75, 3.05) is 0 Å². The first-order chi connectivity index (χ1) is 5.20. The molecule has 0 aromatic carbocycles. The first-order valence-electron chi connectivity index (χ1n) is 4.64.